The molecule has 0 saturated carbocycles. The van der Waals surface area contributed by atoms with Crippen molar-refractivity contribution in [3.8, 4) is 0 Å². The van der Waals surface area contributed by atoms with Crippen molar-refractivity contribution in [3.63, 3.8) is 0 Å². The third-order valence-corrected chi connectivity index (χ3v) is 3.34. The fourth-order valence-electron chi connectivity index (χ4n) is 2.39. The Hall–Kier alpha value is -1.16. The van der Waals surface area contributed by atoms with Crippen LogP contribution >= 0.6 is 0 Å². The summed E-state index contributed by atoms with van der Waals surface area (Å²) < 4.78 is 11.6. The van der Waals surface area contributed by atoms with Crippen molar-refractivity contribution < 1.29 is 14.6 Å². The van der Waals surface area contributed by atoms with Crippen LogP contribution in [0.5, 0.6) is 0 Å². The summed E-state index contributed by atoms with van der Waals surface area (Å²) in [6, 6.07) is 9.93. The lowest BCUT2D eigenvalue weighted by atomic mass is 9.90. The summed E-state index contributed by atoms with van der Waals surface area (Å²) >= 11 is 0. The van der Waals surface area contributed by atoms with Crippen LogP contribution in [-0.4, -0.2) is 23.9 Å². The molecule has 1 saturated heterocycles. The second-order valence-electron chi connectivity index (χ2n) is 4.60. The Morgan fingerprint density at radius 3 is 2.76 bits per heavy atom. The highest BCUT2D eigenvalue weighted by atomic mass is 16.7. The number of rotatable bonds is 1. The van der Waals surface area contributed by atoms with Gasteiger partial charge in [-0.1, -0.05) is 42.5 Å². The summed E-state index contributed by atoms with van der Waals surface area (Å²) in [7, 11) is 0. The van der Waals surface area contributed by atoms with Crippen LogP contribution in [0.15, 0.2) is 42.5 Å². The van der Waals surface area contributed by atoms with Crippen LogP contribution in [0.2, 0.25) is 0 Å². The van der Waals surface area contributed by atoms with E-state index in [-0.39, 0.29) is 24.4 Å². The zero-order valence-corrected chi connectivity index (χ0v) is 9.53. The van der Waals surface area contributed by atoms with Gasteiger partial charge in [-0.2, -0.15) is 0 Å². The van der Waals surface area contributed by atoms with Gasteiger partial charge in [0.2, 0.25) is 0 Å². The smallest absolute Gasteiger partial charge is 0.184 e. The first-order valence-electron chi connectivity index (χ1n) is 6.01. The summed E-state index contributed by atoms with van der Waals surface area (Å²) in [6.07, 6.45) is 3.88. The summed E-state index contributed by atoms with van der Waals surface area (Å²) in [5, 5.41) is 9.60. The molecule has 1 fully saturated rings. The van der Waals surface area contributed by atoms with E-state index in [9.17, 15) is 5.11 Å². The van der Waals surface area contributed by atoms with E-state index >= 15 is 0 Å². The standard InChI is InChI=1S/C14H16O3/c15-12-7-6-11-9-16-14(17-13(11)8-12)10-4-2-1-3-5-10/h1-7,11-15H,8-9H2/t11-,12-,13+,14?/m0/s1. The third-order valence-electron chi connectivity index (χ3n) is 3.34. The highest BCUT2D eigenvalue weighted by Gasteiger charge is 2.34. The molecule has 4 atom stereocenters. The fourth-order valence-corrected chi connectivity index (χ4v) is 2.39. The molecule has 0 amide bonds. The van der Waals surface area contributed by atoms with E-state index in [0.29, 0.717) is 13.0 Å². The Bertz CT molecular complexity index is 401. The van der Waals surface area contributed by atoms with E-state index in [1.807, 2.05) is 42.5 Å². The van der Waals surface area contributed by atoms with Crippen LogP contribution in [0.4, 0.5) is 0 Å². The predicted octanol–water partition coefficient (Wildman–Crippen LogP) is 2.04. The summed E-state index contributed by atoms with van der Waals surface area (Å²) in [4.78, 5) is 0. The molecule has 1 aliphatic heterocycles. The quantitative estimate of drug-likeness (QED) is 0.753. The van der Waals surface area contributed by atoms with E-state index in [1.54, 1.807) is 0 Å². The molecule has 17 heavy (non-hydrogen) atoms. The normalized spacial score (nSPS) is 36.5. The van der Waals surface area contributed by atoms with Crippen LogP contribution in [0.25, 0.3) is 0 Å². The van der Waals surface area contributed by atoms with E-state index in [1.165, 1.54) is 0 Å². The Morgan fingerprint density at radius 1 is 1.12 bits per heavy atom. The minimum absolute atomic E-state index is 0.0638. The van der Waals surface area contributed by atoms with Crippen LogP contribution in [0.3, 0.4) is 0 Å². The molecule has 1 aromatic rings. The number of hydrogen-bond acceptors (Lipinski definition) is 3. The van der Waals surface area contributed by atoms with Crippen molar-refractivity contribution in [1.29, 1.82) is 0 Å². The molecule has 3 rings (SSSR count). The number of benzene rings is 1. The molecule has 2 aliphatic rings. The van der Waals surface area contributed by atoms with Gasteiger partial charge in [0.1, 0.15) is 0 Å². The molecule has 1 unspecified atom stereocenters. The SMILES string of the molecule is O[C@H]1C=C[C@H]2COC(c3ccccc3)O[C@@H]2C1. The summed E-state index contributed by atoms with van der Waals surface area (Å²) in [6.45, 7) is 0.660. The minimum atomic E-state index is -0.384. The van der Waals surface area contributed by atoms with Gasteiger partial charge in [-0.15, -0.1) is 0 Å². The third kappa shape index (κ3) is 2.27. The molecule has 3 heteroatoms. The maximum absolute atomic E-state index is 9.60. The van der Waals surface area contributed by atoms with Crippen molar-refractivity contribution in [3.05, 3.63) is 48.0 Å². The monoisotopic (exact) mass is 232 g/mol. The Labute approximate surface area is 101 Å². The van der Waals surface area contributed by atoms with Gasteiger partial charge in [0.05, 0.1) is 18.8 Å². The van der Waals surface area contributed by atoms with Gasteiger partial charge in [0.15, 0.2) is 6.29 Å². The largest absolute Gasteiger partial charge is 0.389 e. The van der Waals surface area contributed by atoms with Crippen molar-refractivity contribution in [2.75, 3.05) is 6.61 Å². The van der Waals surface area contributed by atoms with Gasteiger partial charge >= 0.3 is 0 Å². The molecule has 1 aromatic carbocycles. The second kappa shape index (κ2) is 4.61. The molecule has 1 aliphatic carbocycles. The lowest BCUT2D eigenvalue weighted by Gasteiger charge is -2.38. The Morgan fingerprint density at radius 2 is 1.94 bits per heavy atom. The first-order valence-corrected chi connectivity index (χ1v) is 6.01. The van der Waals surface area contributed by atoms with Crippen LogP contribution in [0.1, 0.15) is 18.3 Å². The molecular weight excluding hydrogens is 216 g/mol. The Balaban J connectivity index is 1.74. The number of hydrogen-bond donors (Lipinski definition) is 1. The number of fused-ring (bicyclic) bond motifs is 1. The molecule has 0 aromatic heterocycles. The molecule has 1 heterocycles. The predicted molar refractivity (Wildman–Crippen MR) is 63.3 cm³/mol. The zero-order chi connectivity index (χ0) is 11.7. The van der Waals surface area contributed by atoms with Crippen molar-refractivity contribution >= 4 is 0 Å². The van der Waals surface area contributed by atoms with Gasteiger partial charge in [0.25, 0.3) is 0 Å². The van der Waals surface area contributed by atoms with E-state index in [2.05, 4.69) is 0 Å². The maximum atomic E-state index is 9.60. The highest BCUT2D eigenvalue weighted by molar-refractivity contribution is 5.17. The van der Waals surface area contributed by atoms with Gasteiger partial charge in [-0.3, -0.25) is 0 Å². The van der Waals surface area contributed by atoms with Crippen molar-refractivity contribution in [2.45, 2.75) is 24.9 Å². The molecule has 3 nitrogen and oxygen atoms in total. The molecule has 0 spiro atoms. The first kappa shape index (κ1) is 11.0. The van der Waals surface area contributed by atoms with E-state index in [0.717, 1.165) is 5.56 Å². The summed E-state index contributed by atoms with van der Waals surface area (Å²) in [5.74, 6) is 0.276. The maximum Gasteiger partial charge on any atom is 0.184 e. The molecule has 0 bridgehead atoms. The van der Waals surface area contributed by atoms with Crippen molar-refractivity contribution in [1.82, 2.24) is 0 Å². The van der Waals surface area contributed by atoms with Crippen LogP contribution < -0.4 is 0 Å². The average molecular weight is 232 g/mol. The Kier molecular flexibility index (Phi) is 2.97. The van der Waals surface area contributed by atoms with Gasteiger partial charge in [-0.25, -0.2) is 0 Å². The lowest BCUT2D eigenvalue weighted by Crippen LogP contribution is -2.39. The van der Waals surface area contributed by atoms with Gasteiger partial charge in [0, 0.05) is 17.9 Å². The topological polar surface area (TPSA) is 38.7 Å². The van der Waals surface area contributed by atoms with Gasteiger partial charge < -0.3 is 14.6 Å². The summed E-state index contributed by atoms with van der Waals surface area (Å²) in [5.41, 5.74) is 1.04. The van der Waals surface area contributed by atoms with Crippen molar-refractivity contribution in [2.24, 2.45) is 5.92 Å². The fraction of sp³-hybridized carbons (Fsp3) is 0.429. The zero-order valence-electron chi connectivity index (χ0n) is 9.53. The molecule has 90 valence electrons. The van der Waals surface area contributed by atoms with E-state index < -0.39 is 0 Å². The van der Waals surface area contributed by atoms with E-state index in [4.69, 9.17) is 9.47 Å². The van der Waals surface area contributed by atoms with Gasteiger partial charge in [-0.05, 0) is 0 Å². The average Bonchev–Trinajstić information content (AvgIpc) is 2.39. The van der Waals surface area contributed by atoms with Crippen LogP contribution in [0, 0.1) is 5.92 Å². The molecular formula is C14H16O3. The number of ether oxygens (including phenoxy) is 2. The number of aliphatic hydroxyl groups excluding tert-OH is 1. The second-order valence-corrected chi connectivity index (χ2v) is 4.60. The minimum Gasteiger partial charge on any atom is -0.389 e. The molecule has 0 radical (unpaired) electrons. The van der Waals surface area contributed by atoms with Crippen LogP contribution in [-0.2, 0) is 9.47 Å². The first-order chi connectivity index (χ1) is 8.33. The molecule has 1 N–H and O–H groups in total. The number of aliphatic hydroxyl groups is 1. The highest BCUT2D eigenvalue weighted by Crippen LogP contribution is 2.33. The lowest BCUT2D eigenvalue weighted by molar-refractivity contribution is -0.239.